The van der Waals surface area contributed by atoms with Crippen molar-refractivity contribution in [1.29, 1.82) is 0 Å². The third kappa shape index (κ3) is 3.57. The highest BCUT2D eigenvalue weighted by Crippen LogP contribution is 2.09. The molecule has 0 radical (unpaired) electrons. The molecule has 1 aromatic rings. The lowest BCUT2D eigenvalue weighted by Gasteiger charge is -2.26. The summed E-state index contributed by atoms with van der Waals surface area (Å²) in [6.07, 6.45) is 5.87. The summed E-state index contributed by atoms with van der Waals surface area (Å²) in [7, 11) is 0. The van der Waals surface area contributed by atoms with Crippen LogP contribution in [0.3, 0.4) is 0 Å². The molecule has 2 heterocycles. The number of carbonyl (C=O) groups excluding carboxylic acids is 1. The van der Waals surface area contributed by atoms with E-state index in [0.717, 1.165) is 50.4 Å². The van der Waals surface area contributed by atoms with Crippen molar-refractivity contribution in [2.24, 2.45) is 0 Å². The van der Waals surface area contributed by atoms with Crippen molar-refractivity contribution in [1.82, 2.24) is 20.2 Å². The van der Waals surface area contributed by atoms with Gasteiger partial charge in [-0.1, -0.05) is 0 Å². The first-order chi connectivity index (χ1) is 8.77. The first kappa shape index (κ1) is 13.1. The smallest absolute Gasteiger partial charge is 0.223 e. The van der Waals surface area contributed by atoms with Crippen molar-refractivity contribution in [2.45, 2.75) is 39.2 Å². The predicted octanol–water partition coefficient (Wildman–Crippen LogP) is 1.21. The molecule has 1 saturated heterocycles. The molecular formula is C13H22N4O. The second-order valence-corrected chi connectivity index (χ2v) is 4.84. The van der Waals surface area contributed by atoms with E-state index in [1.165, 1.54) is 6.42 Å². The maximum absolute atomic E-state index is 11.9. The second kappa shape index (κ2) is 6.54. The molecule has 1 aromatic heterocycles. The molecule has 1 aliphatic rings. The summed E-state index contributed by atoms with van der Waals surface area (Å²) in [6, 6.07) is 0. The number of carbonyl (C=O) groups is 1. The molecule has 2 N–H and O–H groups in total. The summed E-state index contributed by atoms with van der Waals surface area (Å²) in [5, 5.41) is 3.27. The lowest BCUT2D eigenvalue weighted by Crippen LogP contribution is -2.37. The molecule has 0 saturated carbocycles. The van der Waals surface area contributed by atoms with Gasteiger partial charge in [-0.25, -0.2) is 4.98 Å². The van der Waals surface area contributed by atoms with Crippen LogP contribution in [0.25, 0.3) is 0 Å². The lowest BCUT2D eigenvalue weighted by molar-refractivity contribution is -0.131. The summed E-state index contributed by atoms with van der Waals surface area (Å²) in [4.78, 5) is 21.1. The number of hydrogen-bond acceptors (Lipinski definition) is 3. The maximum Gasteiger partial charge on any atom is 0.223 e. The molecule has 0 unspecified atom stereocenters. The van der Waals surface area contributed by atoms with E-state index in [4.69, 9.17) is 0 Å². The average molecular weight is 250 g/mol. The molecule has 5 nitrogen and oxygen atoms in total. The van der Waals surface area contributed by atoms with Crippen molar-refractivity contribution in [3.63, 3.8) is 0 Å². The molecule has 1 aliphatic heterocycles. The summed E-state index contributed by atoms with van der Waals surface area (Å²) in [6.45, 7) is 5.34. The van der Waals surface area contributed by atoms with Gasteiger partial charge in [0.25, 0.3) is 0 Å². The molecule has 0 spiro atoms. The second-order valence-electron chi connectivity index (χ2n) is 4.84. The quantitative estimate of drug-likeness (QED) is 0.772. The molecule has 0 bridgehead atoms. The largest absolute Gasteiger partial charge is 0.348 e. The third-order valence-electron chi connectivity index (χ3n) is 3.45. The van der Waals surface area contributed by atoms with Gasteiger partial charge in [-0.2, -0.15) is 0 Å². The van der Waals surface area contributed by atoms with Gasteiger partial charge in [0, 0.05) is 38.3 Å². The molecular weight excluding hydrogens is 228 g/mol. The summed E-state index contributed by atoms with van der Waals surface area (Å²) in [5.74, 6) is 0.279. The van der Waals surface area contributed by atoms with E-state index in [1.54, 1.807) is 6.33 Å². The number of H-pyrrole nitrogens is 1. The summed E-state index contributed by atoms with van der Waals surface area (Å²) in [5.41, 5.74) is 2.12. The SMILES string of the molecule is Cc1[nH]cnc1CNCCC(=O)N1CCCCC1. The topological polar surface area (TPSA) is 61.0 Å². The van der Waals surface area contributed by atoms with Crippen LogP contribution in [0.1, 0.15) is 37.1 Å². The van der Waals surface area contributed by atoms with Gasteiger partial charge in [0.1, 0.15) is 0 Å². The van der Waals surface area contributed by atoms with Crippen molar-refractivity contribution in [2.75, 3.05) is 19.6 Å². The minimum Gasteiger partial charge on any atom is -0.348 e. The Hall–Kier alpha value is -1.36. The zero-order chi connectivity index (χ0) is 12.8. The van der Waals surface area contributed by atoms with Crippen LogP contribution < -0.4 is 5.32 Å². The van der Waals surface area contributed by atoms with Gasteiger partial charge in [0.05, 0.1) is 12.0 Å². The number of aromatic amines is 1. The monoisotopic (exact) mass is 250 g/mol. The molecule has 0 aromatic carbocycles. The highest BCUT2D eigenvalue weighted by atomic mass is 16.2. The van der Waals surface area contributed by atoms with E-state index < -0.39 is 0 Å². The van der Waals surface area contributed by atoms with Gasteiger partial charge < -0.3 is 15.2 Å². The zero-order valence-corrected chi connectivity index (χ0v) is 11.0. The first-order valence-electron chi connectivity index (χ1n) is 6.74. The number of rotatable bonds is 5. The Morgan fingerprint density at radius 1 is 1.44 bits per heavy atom. The molecule has 1 fully saturated rings. The fourth-order valence-corrected chi connectivity index (χ4v) is 2.27. The van der Waals surface area contributed by atoms with E-state index in [2.05, 4.69) is 15.3 Å². The number of likely N-dealkylation sites (tertiary alicyclic amines) is 1. The highest BCUT2D eigenvalue weighted by Gasteiger charge is 2.15. The van der Waals surface area contributed by atoms with Gasteiger partial charge in [0.15, 0.2) is 0 Å². The van der Waals surface area contributed by atoms with Crippen LogP contribution in [-0.4, -0.2) is 40.4 Å². The van der Waals surface area contributed by atoms with Gasteiger partial charge in [-0.15, -0.1) is 0 Å². The van der Waals surface area contributed by atoms with Crippen molar-refractivity contribution >= 4 is 5.91 Å². The van der Waals surface area contributed by atoms with E-state index in [0.29, 0.717) is 6.42 Å². The molecule has 0 atom stereocenters. The average Bonchev–Trinajstić information content (AvgIpc) is 2.81. The van der Waals surface area contributed by atoms with Crippen LogP contribution in [0.4, 0.5) is 0 Å². The Morgan fingerprint density at radius 3 is 2.89 bits per heavy atom. The third-order valence-corrected chi connectivity index (χ3v) is 3.45. The number of nitrogens with zero attached hydrogens (tertiary/aromatic N) is 2. The van der Waals surface area contributed by atoms with E-state index >= 15 is 0 Å². The molecule has 2 rings (SSSR count). The van der Waals surface area contributed by atoms with E-state index in [9.17, 15) is 4.79 Å². The number of aryl methyl sites for hydroxylation is 1. The molecule has 5 heteroatoms. The number of piperidine rings is 1. The number of aromatic nitrogens is 2. The molecule has 18 heavy (non-hydrogen) atoms. The Kier molecular flexibility index (Phi) is 4.75. The van der Waals surface area contributed by atoms with Crippen LogP contribution in [0, 0.1) is 6.92 Å². The fourth-order valence-electron chi connectivity index (χ4n) is 2.27. The summed E-state index contributed by atoms with van der Waals surface area (Å²) < 4.78 is 0. The fraction of sp³-hybridized carbons (Fsp3) is 0.692. The number of hydrogen-bond donors (Lipinski definition) is 2. The van der Waals surface area contributed by atoms with Crippen molar-refractivity contribution < 1.29 is 4.79 Å². The van der Waals surface area contributed by atoms with Gasteiger partial charge in [-0.3, -0.25) is 4.79 Å². The number of nitrogens with one attached hydrogen (secondary N) is 2. The first-order valence-corrected chi connectivity index (χ1v) is 6.74. The number of amides is 1. The Bertz CT molecular complexity index is 382. The minimum absolute atomic E-state index is 0.279. The van der Waals surface area contributed by atoms with E-state index in [-0.39, 0.29) is 5.91 Å². The predicted molar refractivity (Wildman–Crippen MR) is 70.1 cm³/mol. The Balaban J connectivity index is 1.63. The zero-order valence-electron chi connectivity index (χ0n) is 11.0. The van der Waals surface area contributed by atoms with Gasteiger partial charge in [0.2, 0.25) is 5.91 Å². The minimum atomic E-state index is 0.279. The van der Waals surface area contributed by atoms with Crippen LogP contribution >= 0.6 is 0 Å². The van der Waals surface area contributed by atoms with Crippen LogP contribution in [0.2, 0.25) is 0 Å². The summed E-state index contributed by atoms with van der Waals surface area (Å²) >= 11 is 0. The highest BCUT2D eigenvalue weighted by molar-refractivity contribution is 5.76. The Labute approximate surface area is 108 Å². The Morgan fingerprint density at radius 2 is 2.22 bits per heavy atom. The normalized spacial score (nSPS) is 15.9. The maximum atomic E-state index is 11.9. The van der Waals surface area contributed by atoms with Crippen molar-refractivity contribution in [3.05, 3.63) is 17.7 Å². The molecule has 100 valence electrons. The molecule has 1 amide bonds. The van der Waals surface area contributed by atoms with Crippen molar-refractivity contribution in [3.8, 4) is 0 Å². The van der Waals surface area contributed by atoms with Crippen LogP contribution in [0.5, 0.6) is 0 Å². The molecule has 0 aliphatic carbocycles. The van der Waals surface area contributed by atoms with Gasteiger partial charge >= 0.3 is 0 Å². The van der Waals surface area contributed by atoms with E-state index in [1.807, 2.05) is 11.8 Å². The van der Waals surface area contributed by atoms with Crippen LogP contribution in [0.15, 0.2) is 6.33 Å². The lowest BCUT2D eigenvalue weighted by atomic mass is 10.1. The van der Waals surface area contributed by atoms with Gasteiger partial charge in [-0.05, 0) is 26.2 Å². The van der Waals surface area contributed by atoms with Crippen LogP contribution in [-0.2, 0) is 11.3 Å². The number of imidazole rings is 1. The standard InChI is InChI=1S/C13H22N4O/c1-11-12(16-10-15-11)9-14-6-5-13(18)17-7-3-2-4-8-17/h10,14H,2-9H2,1H3,(H,15,16).